The van der Waals surface area contributed by atoms with E-state index in [0.29, 0.717) is 0 Å². The standard InChI is InChI=1S/C19H33N9O9/c20-8(6-12(21)29)15(33)26-10(3-4-14(31)32)17(35)27-9(2-1-5-25-19(23)24)16(34)28-11(18(36)37)7-13(22)30/h8-11H,1-7,20H2,(H2,21,29)(H2,22,30)(H,26,33)(H,27,35)(H,28,34)(H,31,32)(H,36,37)(H4,23,24,25). The number of carbonyl (C=O) groups excluding carboxylic acids is 5. The zero-order valence-electron chi connectivity index (χ0n) is 19.8. The van der Waals surface area contributed by atoms with Gasteiger partial charge in [0, 0.05) is 13.0 Å². The topological polar surface area (TPSA) is 338 Å². The smallest absolute Gasteiger partial charge is 0.326 e. The molecule has 0 saturated carbocycles. The van der Waals surface area contributed by atoms with E-state index in [-0.39, 0.29) is 25.3 Å². The molecule has 0 aliphatic rings. The van der Waals surface area contributed by atoms with Crippen LogP contribution in [0.1, 0.15) is 38.5 Å². The number of hydrogen-bond donors (Lipinski definition) is 10. The molecule has 5 amide bonds. The van der Waals surface area contributed by atoms with Gasteiger partial charge in [-0.2, -0.15) is 0 Å². The van der Waals surface area contributed by atoms with Gasteiger partial charge < -0.3 is 54.8 Å². The van der Waals surface area contributed by atoms with Gasteiger partial charge in [-0.15, -0.1) is 0 Å². The van der Waals surface area contributed by atoms with Crippen molar-refractivity contribution in [2.24, 2.45) is 33.7 Å². The van der Waals surface area contributed by atoms with E-state index >= 15 is 0 Å². The van der Waals surface area contributed by atoms with Crippen molar-refractivity contribution < 1.29 is 43.8 Å². The number of rotatable bonds is 18. The first-order valence-corrected chi connectivity index (χ1v) is 10.9. The number of nitrogens with zero attached hydrogens (tertiary/aromatic N) is 1. The minimum absolute atomic E-state index is 0.0345. The zero-order chi connectivity index (χ0) is 28.7. The van der Waals surface area contributed by atoms with Crippen LogP contribution in [0.15, 0.2) is 4.99 Å². The Morgan fingerprint density at radius 3 is 1.65 bits per heavy atom. The summed E-state index contributed by atoms with van der Waals surface area (Å²) in [6.07, 6.45) is -2.27. The molecule has 0 aromatic rings. The highest BCUT2D eigenvalue weighted by Crippen LogP contribution is 2.05. The monoisotopic (exact) mass is 531 g/mol. The third kappa shape index (κ3) is 14.5. The minimum atomic E-state index is -1.70. The van der Waals surface area contributed by atoms with E-state index in [0.717, 1.165) is 0 Å². The number of nitrogens with two attached hydrogens (primary N) is 5. The average Bonchev–Trinajstić information content (AvgIpc) is 2.76. The Bertz CT molecular complexity index is 905. The average molecular weight is 532 g/mol. The Morgan fingerprint density at radius 2 is 1.19 bits per heavy atom. The number of hydrogen-bond acceptors (Lipinski definition) is 9. The molecule has 208 valence electrons. The first-order chi connectivity index (χ1) is 17.1. The van der Waals surface area contributed by atoms with Crippen molar-refractivity contribution in [2.45, 2.75) is 62.7 Å². The maximum atomic E-state index is 12.9. The second kappa shape index (κ2) is 16.2. The third-order valence-electron chi connectivity index (χ3n) is 4.64. The normalized spacial score (nSPS) is 13.6. The van der Waals surface area contributed by atoms with Gasteiger partial charge in [0.1, 0.15) is 18.1 Å². The highest BCUT2D eigenvalue weighted by atomic mass is 16.4. The van der Waals surface area contributed by atoms with E-state index in [1.807, 2.05) is 0 Å². The predicted octanol–water partition coefficient (Wildman–Crippen LogP) is -5.48. The van der Waals surface area contributed by atoms with Crippen molar-refractivity contribution in [1.82, 2.24) is 16.0 Å². The molecular weight excluding hydrogens is 498 g/mol. The van der Waals surface area contributed by atoms with Gasteiger partial charge in [0.25, 0.3) is 0 Å². The van der Waals surface area contributed by atoms with Crippen molar-refractivity contribution in [2.75, 3.05) is 6.54 Å². The number of carboxylic acids is 2. The molecule has 0 rings (SSSR count). The van der Waals surface area contributed by atoms with Gasteiger partial charge in [-0.05, 0) is 19.3 Å². The second-order valence-electron chi connectivity index (χ2n) is 7.85. The maximum absolute atomic E-state index is 12.9. The summed E-state index contributed by atoms with van der Waals surface area (Å²) in [5, 5.41) is 24.8. The number of nitrogens with one attached hydrogen (secondary N) is 3. The van der Waals surface area contributed by atoms with E-state index < -0.39 is 91.3 Å². The fraction of sp³-hybridized carbons (Fsp3) is 0.579. The van der Waals surface area contributed by atoms with Gasteiger partial charge in [0.15, 0.2) is 5.96 Å². The van der Waals surface area contributed by atoms with Crippen LogP contribution < -0.4 is 44.6 Å². The number of aliphatic carboxylic acids is 2. The molecule has 37 heavy (non-hydrogen) atoms. The van der Waals surface area contributed by atoms with Crippen molar-refractivity contribution >= 4 is 47.4 Å². The lowest BCUT2D eigenvalue weighted by molar-refractivity contribution is -0.143. The number of guanidine groups is 1. The fourth-order valence-electron chi connectivity index (χ4n) is 2.84. The number of aliphatic imine (C=N–C) groups is 1. The summed E-state index contributed by atoms with van der Waals surface area (Å²) in [6.45, 7) is 0.0345. The summed E-state index contributed by atoms with van der Waals surface area (Å²) >= 11 is 0. The molecular formula is C19H33N9O9. The van der Waals surface area contributed by atoms with Crippen LogP contribution in [-0.2, 0) is 33.6 Å². The Hall–Kier alpha value is -4.48. The maximum Gasteiger partial charge on any atom is 0.326 e. The molecule has 4 atom stereocenters. The second-order valence-corrected chi connectivity index (χ2v) is 7.85. The van der Waals surface area contributed by atoms with E-state index in [1.54, 1.807) is 0 Å². The van der Waals surface area contributed by atoms with E-state index in [1.165, 1.54) is 0 Å². The Kier molecular flexibility index (Phi) is 14.3. The van der Waals surface area contributed by atoms with Crippen LogP contribution in [-0.4, -0.2) is 88.4 Å². The van der Waals surface area contributed by atoms with Crippen LogP contribution in [0.4, 0.5) is 0 Å². The summed E-state index contributed by atoms with van der Waals surface area (Å²) in [7, 11) is 0. The van der Waals surface area contributed by atoms with E-state index in [9.17, 15) is 38.7 Å². The van der Waals surface area contributed by atoms with Crippen molar-refractivity contribution in [3.63, 3.8) is 0 Å². The van der Waals surface area contributed by atoms with Gasteiger partial charge >= 0.3 is 11.9 Å². The van der Waals surface area contributed by atoms with Crippen LogP contribution in [0.3, 0.4) is 0 Å². The highest BCUT2D eigenvalue weighted by Gasteiger charge is 2.31. The number of amides is 5. The fourth-order valence-corrected chi connectivity index (χ4v) is 2.84. The molecule has 0 saturated heterocycles. The van der Waals surface area contributed by atoms with E-state index in [4.69, 9.17) is 33.8 Å². The zero-order valence-corrected chi connectivity index (χ0v) is 19.8. The molecule has 0 aliphatic heterocycles. The SMILES string of the molecule is NC(=O)CC(N)C(=O)NC(CCC(=O)O)C(=O)NC(CCCN=C(N)N)C(=O)NC(CC(N)=O)C(=O)O. The van der Waals surface area contributed by atoms with Crippen LogP contribution in [0.5, 0.6) is 0 Å². The number of carboxylic acid groups (broad SMARTS) is 2. The summed E-state index contributed by atoms with van der Waals surface area (Å²) in [5.41, 5.74) is 26.0. The van der Waals surface area contributed by atoms with Crippen molar-refractivity contribution in [3.8, 4) is 0 Å². The van der Waals surface area contributed by atoms with Gasteiger partial charge in [-0.25, -0.2) is 4.79 Å². The summed E-state index contributed by atoms with van der Waals surface area (Å²) in [5.74, 6) is -8.00. The van der Waals surface area contributed by atoms with Gasteiger partial charge in [-0.3, -0.25) is 33.8 Å². The van der Waals surface area contributed by atoms with Gasteiger partial charge in [0.05, 0.1) is 18.9 Å². The molecule has 4 unspecified atom stereocenters. The van der Waals surface area contributed by atoms with Gasteiger partial charge in [-0.1, -0.05) is 0 Å². The first-order valence-electron chi connectivity index (χ1n) is 10.9. The minimum Gasteiger partial charge on any atom is -0.481 e. The molecule has 0 aliphatic carbocycles. The molecule has 0 radical (unpaired) electrons. The third-order valence-corrected chi connectivity index (χ3v) is 4.64. The molecule has 0 bridgehead atoms. The Morgan fingerprint density at radius 1 is 0.703 bits per heavy atom. The van der Waals surface area contributed by atoms with Crippen LogP contribution >= 0.6 is 0 Å². The van der Waals surface area contributed by atoms with Gasteiger partial charge in [0.2, 0.25) is 29.5 Å². The molecule has 0 fully saturated rings. The Labute approximate surface area is 210 Å². The first kappa shape index (κ1) is 32.5. The lowest BCUT2D eigenvalue weighted by Crippen LogP contribution is -2.57. The molecule has 18 nitrogen and oxygen atoms in total. The summed E-state index contributed by atoms with van der Waals surface area (Å²) in [6, 6.07) is -6.05. The molecule has 0 aromatic heterocycles. The highest BCUT2D eigenvalue weighted by molar-refractivity contribution is 5.95. The summed E-state index contributed by atoms with van der Waals surface area (Å²) in [4.78, 5) is 86.2. The largest absolute Gasteiger partial charge is 0.481 e. The number of primary amides is 2. The summed E-state index contributed by atoms with van der Waals surface area (Å²) < 4.78 is 0. The molecule has 0 heterocycles. The molecule has 15 N–H and O–H groups in total. The molecule has 0 aromatic carbocycles. The van der Waals surface area contributed by atoms with Crippen LogP contribution in [0, 0.1) is 0 Å². The van der Waals surface area contributed by atoms with Crippen molar-refractivity contribution in [3.05, 3.63) is 0 Å². The lowest BCUT2D eigenvalue weighted by atomic mass is 10.1. The van der Waals surface area contributed by atoms with Crippen LogP contribution in [0.25, 0.3) is 0 Å². The van der Waals surface area contributed by atoms with Crippen LogP contribution in [0.2, 0.25) is 0 Å². The molecule has 18 heteroatoms. The quantitative estimate of drug-likeness (QED) is 0.0449. The Balaban J connectivity index is 5.74. The van der Waals surface area contributed by atoms with E-state index in [2.05, 4.69) is 20.9 Å². The predicted molar refractivity (Wildman–Crippen MR) is 126 cm³/mol. The number of carbonyl (C=O) groups is 7. The van der Waals surface area contributed by atoms with Crippen molar-refractivity contribution in [1.29, 1.82) is 0 Å². The molecule has 0 spiro atoms. The lowest BCUT2D eigenvalue weighted by Gasteiger charge is -2.24.